The van der Waals surface area contributed by atoms with Gasteiger partial charge in [0.05, 0.1) is 0 Å². The van der Waals surface area contributed by atoms with E-state index in [9.17, 15) is 9.18 Å². The maximum Gasteiger partial charge on any atom is 0.223 e. The van der Waals surface area contributed by atoms with Crippen LogP contribution in [0.3, 0.4) is 0 Å². The number of amides is 1. The first kappa shape index (κ1) is 18.9. The van der Waals surface area contributed by atoms with Gasteiger partial charge in [0.25, 0.3) is 0 Å². The number of carbonyl (C=O) groups excluding carboxylic acids is 1. The van der Waals surface area contributed by atoms with E-state index < -0.39 is 0 Å². The Kier molecular flexibility index (Phi) is 6.63. The second kappa shape index (κ2) is 9.14. The Bertz CT molecular complexity index is 703. The highest BCUT2D eigenvalue weighted by molar-refractivity contribution is 7.99. The van der Waals surface area contributed by atoms with Crippen molar-refractivity contribution in [1.29, 1.82) is 0 Å². The molecule has 2 heterocycles. The molecule has 1 fully saturated rings. The number of piperazine rings is 1. The van der Waals surface area contributed by atoms with Crippen LogP contribution in [0.4, 0.5) is 4.39 Å². The predicted octanol–water partition coefficient (Wildman–Crippen LogP) is 3.61. The smallest absolute Gasteiger partial charge is 0.223 e. The Morgan fingerprint density at radius 1 is 1.19 bits per heavy atom. The lowest BCUT2D eigenvalue weighted by atomic mass is 10.1. The van der Waals surface area contributed by atoms with Crippen LogP contribution >= 0.6 is 11.8 Å². The number of carbonyl (C=O) groups is 1. The van der Waals surface area contributed by atoms with Gasteiger partial charge in [-0.15, -0.1) is 11.8 Å². The second-order valence-electron chi connectivity index (χ2n) is 6.43. The van der Waals surface area contributed by atoms with Gasteiger partial charge in [0, 0.05) is 61.7 Å². The summed E-state index contributed by atoms with van der Waals surface area (Å²) in [5.74, 6) is 0.689. The van der Waals surface area contributed by atoms with E-state index >= 15 is 0 Å². The van der Waals surface area contributed by atoms with Crippen LogP contribution < -0.4 is 0 Å². The second-order valence-corrected chi connectivity index (χ2v) is 7.60. The van der Waals surface area contributed by atoms with Crippen LogP contribution in [0.25, 0.3) is 0 Å². The van der Waals surface area contributed by atoms with Crippen LogP contribution in [-0.4, -0.2) is 52.6 Å². The number of rotatable bonds is 6. The van der Waals surface area contributed by atoms with Crippen molar-refractivity contribution in [2.75, 3.05) is 31.9 Å². The fourth-order valence-corrected chi connectivity index (χ4v) is 3.98. The van der Waals surface area contributed by atoms with Crippen molar-refractivity contribution in [2.24, 2.45) is 0 Å². The maximum absolute atomic E-state index is 12.9. The maximum atomic E-state index is 12.9. The number of nitrogens with zero attached hydrogens (tertiary/aromatic N) is 3. The van der Waals surface area contributed by atoms with E-state index in [1.165, 1.54) is 17.7 Å². The van der Waals surface area contributed by atoms with Crippen molar-refractivity contribution in [3.63, 3.8) is 0 Å². The molecule has 1 aliphatic rings. The van der Waals surface area contributed by atoms with Crippen LogP contribution in [0.15, 0.2) is 53.7 Å². The summed E-state index contributed by atoms with van der Waals surface area (Å²) in [5, 5.41) is 0. The van der Waals surface area contributed by atoms with Gasteiger partial charge < -0.3 is 4.90 Å². The molecule has 0 spiro atoms. The Hall–Kier alpha value is -1.92. The number of aromatic nitrogens is 1. The highest BCUT2D eigenvalue weighted by Gasteiger charge is 2.24. The van der Waals surface area contributed by atoms with Crippen molar-refractivity contribution in [2.45, 2.75) is 24.3 Å². The van der Waals surface area contributed by atoms with Crippen molar-refractivity contribution < 1.29 is 9.18 Å². The van der Waals surface area contributed by atoms with Crippen molar-refractivity contribution in [3.8, 4) is 0 Å². The van der Waals surface area contributed by atoms with Gasteiger partial charge in [-0.3, -0.25) is 14.7 Å². The van der Waals surface area contributed by atoms with Crippen LogP contribution in [0.2, 0.25) is 0 Å². The number of hydrogen-bond acceptors (Lipinski definition) is 4. The number of thioether (sulfide) groups is 1. The number of benzene rings is 1. The third kappa shape index (κ3) is 5.05. The minimum absolute atomic E-state index is 0.202. The molecule has 1 aromatic heterocycles. The molecule has 6 heteroatoms. The van der Waals surface area contributed by atoms with Crippen LogP contribution in [0.5, 0.6) is 0 Å². The molecule has 138 valence electrons. The summed E-state index contributed by atoms with van der Waals surface area (Å²) in [7, 11) is 0. The molecule has 1 saturated heterocycles. The van der Waals surface area contributed by atoms with E-state index in [0.29, 0.717) is 12.5 Å². The Labute approximate surface area is 158 Å². The minimum Gasteiger partial charge on any atom is -0.340 e. The van der Waals surface area contributed by atoms with E-state index in [4.69, 9.17) is 0 Å². The van der Waals surface area contributed by atoms with Crippen LogP contribution in [0, 0.1) is 5.82 Å². The molecule has 0 N–H and O–H groups in total. The molecule has 26 heavy (non-hydrogen) atoms. The summed E-state index contributed by atoms with van der Waals surface area (Å²) < 4.78 is 12.9. The Balaban J connectivity index is 1.41. The standard InChI is InChI=1S/C20H24FN3OS/c1-16(17-3-2-9-22-15-17)23-10-12-24(13-11-23)20(25)8-14-26-19-6-4-18(21)5-7-19/h2-7,9,15-16H,8,10-14H2,1H3. The molecule has 1 amide bonds. The highest BCUT2D eigenvalue weighted by Crippen LogP contribution is 2.22. The molecule has 1 unspecified atom stereocenters. The van der Waals surface area contributed by atoms with E-state index in [1.54, 1.807) is 30.1 Å². The number of hydrogen-bond donors (Lipinski definition) is 0. The summed E-state index contributed by atoms with van der Waals surface area (Å²) in [4.78, 5) is 22.0. The molecule has 0 saturated carbocycles. The average molecular weight is 373 g/mol. The molecule has 4 nitrogen and oxygen atoms in total. The predicted molar refractivity (Wildman–Crippen MR) is 103 cm³/mol. The number of halogens is 1. The first-order chi connectivity index (χ1) is 12.6. The van der Waals surface area contributed by atoms with Gasteiger partial charge in [0.1, 0.15) is 5.82 Å². The normalized spacial score (nSPS) is 16.5. The van der Waals surface area contributed by atoms with Crippen LogP contribution in [0.1, 0.15) is 24.9 Å². The zero-order valence-electron chi connectivity index (χ0n) is 15.0. The van der Waals surface area contributed by atoms with Gasteiger partial charge in [-0.05, 0) is 42.8 Å². The highest BCUT2D eigenvalue weighted by atomic mass is 32.2. The van der Waals surface area contributed by atoms with Gasteiger partial charge in [0.2, 0.25) is 5.91 Å². The molecule has 1 aromatic carbocycles. The molecule has 1 atom stereocenters. The SMILES string of the molecule is CC(c1cccnc1)N1CCN(C(=O)CCSc2ccc(F)cc2)CC1. The molecule has 2 aromatic rings. The Morgan fingerprint density at radius 2 is 1.92 bits per heavy atom. The van der Waals surface area contributed by atoms with Gasteiger partial charge >= 0.3 is 0 Å². The zero-order valence-corrected chi connectivity index (χ0v) is 15.8. The van der Waals surface area contributed by atoms with Gasteiger partial charge in [0.15, 0.2) is 0 Å². The first-order valence-corrected chi connectivity index (χ1v) is 9.92. The zero-order chi connectivity index (χ0) is 18.4. The lowest BCUT2D eigenvalue weighted by molar-refractivity contribution is -0.132. The van der Waals surface area contributed by atoms with Gasteiger partial charge in [-0.2, -0.15) is 0 Å². The third-order valence-electron chi connectivity index (χ3n) is 4.78. The Morgan fingerprint density at radius 3 is 2.58 bits per heavy atom. The first-order valence-electron chi connectivity index (χ1n) is 8.93. The quantitative estimate of drug-likeness (QED) is 0.725. The molecule has 0 bridgehead atoms. The monoisotopic (exact) mass is 373 g/mol. The van der Waals surface area contributed by atoms with Crippen LogP contribution in [-0.2, 0) is 4.79 Å². The lowest BCUT2D eigenvalue weighted by Gasteiger charge is -2.38. The van der Waals surface area contributed by atoms with Crippen molar-refractivity contribution in [3.05, 3.63) is 60.2 Å². The van der Waals surface area contributed by atoms with E-state index in [2.05, 4.69) is 22.9 Å². The summed E-state index contributed by atoms with van der Waals surface area (Å²) >= 11 is 1.59. The largest absolute Gasteiger partial charge is 0.340 e. The average Bonchev–Trinajstić information content (AvgIpc) is 2.69. The summed E-state index contributed by atoms with van der Waals surface area (Å²) in [6.45, 7) is 5.49. The fourth-order valence-electron chi connectivity index (χ4n) is 3.14. The summed E-state index contributed by atoms with van der Waals surface area (Å²) in [6, 6.07) is 10.8. The molecular weight excluding hydrogens is 349 g/mol. The molecule has 3 rings (SSSR count). The van der Waals surface area contributed by atoms with Crippen molar-refractivity contribution >= 4 is 17.7 Å². The fraction of sp³-hybridized carbons (Fsp3) is 0.400. The van der Waals surface area contributed by atoms with Crippen molar-refractivity contribution in [1.82, 2.24) is 14.8 Å². The number of pyridine rings is 1. The molecular formula is C20H24FN3OS. The third-order valence-corrected chi connectivity index (χ3v) is 5.79. The summed E-state index contributed by atoms with van der Waals surface area (Å²) in [5.41, 5.74) is 1.21. The minimum atomic E-state index is -0.233. The van der Waals surface area contributed by atoms with E-state index in [0.717, 1.165) is 36.8 Å². The molecule has 1 aliphatic heterocycles. The lowest BCUT2D eigenvalue weighted by Crippen LogP contribution is -2.49. The molecule has 0 radical (unpaired) electrons. The molecule has 0 aliphatic carbocycles. The summed E-state index contributed by atoms with van der Waals surface area (Å²) in [6.07, 6.45) is 4.21. The van der Waals surface area contributed by atoms with E-state index in [-0.39, 0.29) is 11.7 Å². The van der Waals surface area contributed by atoms with Gasteiger partial charge in [-0.1, -0.05) is 6.07 Å². The topological polar surface area (TPSA) is 36.4 Å². The van der Waals surface area contributed by atoms with Gasteiger partial charge in [-0.25, -0.2) is 4.39 Å². The van der Waals surface area contributed by atoms with E-state index in [1.807, 2.05) is 17.2 Å².